The molecule has 0 aliphatic heterocycles. The first-order valence-electron chi connectivity index (χ1n) is 9.64. The van der Waals surface area contributed by atoms with E-state index in [1.54, 1.807) is 18.2 Å². The van der Waals surface area contributed by atoms with Crippen LogP contribution in [0.1, 0.15) is 11.3 Å². The number of aromatic amines is 1. The summed E-state index contributed by atoms with van der Waals surface area (Å²) >= 11 is 13.5. The van der Waals surface area contributed by atoms with Gasteiger partial charge in [0.2, 0.25) is 5.13 Å². The molecule has 0 spiro atoms. The van der Waals surface area contributed by atoms with E-state index in [-0.39, 0.29) is 5.56 Å². The van der Waals surface area contributed by atoms with Gasteiger partial charge in [0.15, 0.2) is 5.01 Å². The number of aryl methyl sites for hydroxylation is 1. The summed E-state index contributed by atoms with van der Waals surface area (Å²) in [5.41, 5.74) is 2.49. The predicted molar refractivity (Wildman–Crippen MR) is 131 cm³/mol. The second kappa shape index (κ2) is 8.35. The fraction of sp³-hybridized carbons (Fsp3) is 0.0435. The number of rotatable bonds is 4. The molecule has 0 saturated carbocycles. The van der Waals surface area contributed by atoms with Gasteiger partial charge in [-0.05, 0) is 36.6 Å². The van der Waals surface area contributed by atoms with E-state index in [0.717, 1.165) is 22.0 Å². The van der Waals surface area contributed by atoms with Crippen molar-refractivity contribution in [1.82, 2.24) is 20.0 Å². The van der Waals surface area contributed by atoms with Crippen molar-refractivity contribution < 1.29 is 0 Å². The number of halogens is 2. The molecule has 0 aliphatic rings. The third-order valence-electron chi connectivity index (χ3n) is 5.00. The maximum absolute atomic E-state index is 13.1. The molecule has 5 aromatic rings. The first-order valence-corrected chi connectivity index (χ1v) is 11.2. The summed E-state index contributed by atoms with van der Waals surface area (Å²) in [6.07, 6.45) is 1.52. The molecule has 0 saturated heterocycles. The Kier molecular flexibility index (Phi) is 5.38. The fourth-order valence-corrected chi connectivity index (χ4v) is 4.73. The molecular weight excluding hydrogens is 465 g/mol. The van der Waals surface area contributed by atoms with Gasteiger partial charge in [0.1, 0.15) is 0 Å². The summed E-state index contributed by atoms with van der Waals surface area (Å²) in [5, 5.41) is 15.5. The number of fused-ring (bicyclic) bond motifs is 1. The van der Waals surface area contributed by atoms with Gasteiger partial charge in [-0.25, -0.2) is 9.67 Å². The van der Waals surface area contributed by atoms with Crippen LogP contribution >= 0.6 is 34.5 Å². The van der Waals surface area contributed by atoms with Crippen LogP contribution in [-0.2, 0) is 0 Å². The van der Waals surface area contributed by atoms with Crippen molar-refractivity contribution >= 4 is 56.7 Å². The van der Waals surface area contributed by atoms with Crippen LogP contribution in [-0.4, -0.2) is 26.2 Å². The van der Waals surface area contributed by atoms with E-state index in [9.17, 15) is 4.79 Å². The fourth-order valence-electron chi connectivity index (χ4n) is 3.44. The van der Waals surface area contributed by atoms with Crippen LogP contribution in [0.3, 0.4) is 0 Å². The van der Waals surface area contributed by atoms with Crippen LogP contribution in [0.2, 0.25) is 10.0 Å². The highest BCUT2D eigenvalue weighted by molar-refractivity contribution is 7.18. The van der Waals surface area contributed by atoms with Crippen LogP contribution in [0.4, 0.5) is 5.13 Å². The zero-order valence-corrected chi connectivity index (χ0v) is 19.0. The van der Waals surface area contributed by atoms with Gasteiger partial charge in [-0.15, -0.1) is 10.2 Å². The summed E-state index contributed by atoms with van der Waals surface area (Å²) in [5.74, 6) is 0. The van der Waals surface area contributed by atoms with E-state index in [0.29, 0.717) is 31.4 Å². The SMILES string of the molecule is Cc1[nH]n(-c2cccc3ccccc23)c(=O)c1/C=N/c1nnc(-c2ccc(Cl)cc2Cl)s1. The Labute approximate surface area is 196 Å². The molecule has 0 fully saturated rings. The second-order valence-corrected chi connectivity index (χ2v) is 8.86. The lowest BCUT2D eigenvalue weighted by Crippen LogP contribution is -2.17. The van der Waals surface area contributed by atoms with Crippen LogP contribution in [0, 0.1) is 6.92 Å². The third-order valence-corrected chi connectivity index (χ3v) is 6.42. The highest BCUT2D eigenvalue weighted by Crippen LogP contribution is 2.34. The van der Waals surface area contributed by atoms with E-state index in [4.69, 9.17) is 23.2 Å². The van der Waals surface area contributed by atoms with Crippen LogP contribution in [0.25, 0.3) is 27.0 Å². The van der Waals surface area contributed by atoms with Crippen molar-refractivity contribution in [3.05, 3.63) is 92.3 Å². The Hall–Kier alpha value is -3.26. The highest BCUT2D eigenvalue weighted by atomic mass is 35.5. The van der Waals surface area contributed by atoms with Gasteiger partial charge in [-0.2, -0.15) is 0 Å². The van der Waals surface area contributed by atoms with E-state index in [1.807, 2.05) is 49.4 Å². The third kappa shape index (κ3) is 3.75. The van der Waals surface area contributed by atoms with Gasteiger partial charge in [0.25, 0.3) is 5.56 Å². The zero-order chi connectivity index (χ0) is 22.2. The van der Waals surface area contributed by atoms with Crippen molar-refractivity contribution in [2.75, 3.05) is 0 Å². The van der Waals surface area contributed by atoms with Crippen molar-refractivity contribution in [2.45, 2.75) is 6.92 Å². The minimum atomic E-state index is -0.187. The standard InChI is InChI=1S/C23H15Cl2N5OS/c1-13-18(12-26-23-28-27-21(32-23)17-10-9-15(24)11-19(17)25)22(31)30(29-13)20-8-4-6-14-5-2-3-7-16(14)20/h2-12,29H,1H3/b26-12+. The van der Waals surface area contributed by atoms with Gasteiger partial charge < -0.3 is 0 Å². The monoisotopic (exact) mass is 479 g/mol. The molecule has 3 aromatic carbocycles. The summed E-state index contributed by atoms with van der Waals surface area (Å²) in [6, 6.07) is 19.0. The predicted octanol–water partition coefficient (Wildman–Crippen LogP) is 6.20. The maximum Gasteiger partial charge on any atom is 0.280 e. The summed E-state index contributed by atoms with van der Waals surface area (Å²) in [6.45, 7) is 1.84. The molecule has 2 aromatic heterocycles. The van der Waals surface area contributed by atoms with E-state index >= 15 is 0 Å². The molecule has 0 atom stereocenters. The minimum Gasteiger partial charge on any atom is -0.295 e. The van der Waals surface area contributed by atoms with Gasteiger partial charge in [0, 0.05) is 27.9 Å². The van der Waals surface area contributed by atoms with Crippen LogP contribution in [0.15, 0.2) is 70.5 Å². The smallest absolute Gasteiger partial charge is 0.280 e. The number of hydrogen-bond donors (Lipinski definition) is 1. The highest BCUT2D eigenvalue weighted by Gasteiger charge is 2.14. The molecule has 6 nitrogen and oxygen atoms in total. The normalized spacial score (nSPS) is 11.6. The minimum absolute atomic E-state index is 0.187. The lowest BCUT2D eigenvalue weighted by atomic mass is 10.1. The second-order valence-electron chi connectivity index (χ2n) is 7.06. The Bertz CT molecular complexity index is 1540. The van der Waals surface area contributed by atoms with Crippen LogP contribution in [0.5, 0.6) is 0 Å². The average molecular weight is 480 g/mol. The van der Waals surface area contributed by atoms with E-state index in [1.165, 1.54) is 22.2 Å². The number of nitrogens with zero attached hydrogens (tertiary/aromatic N) is 4. The molecule has 32 heavy (non-hydrogen) atoms. The Morgan fingerprint density at radius 2 is 1.88 bits per heavy atom. The number of aromatic nitrogens is 4. The van der Waals surface area contributed by atoms with Crippen LogP contribution < -0.4 is 5.56 Å². The Balaban J connectivity index is 1.49. The molecule has 0 aliphatic carbocycles. The molecule has 0 radical (unpaired) electrons. The van der Waals surface area contributed by atoms with Crippen molar-refractivity contribution in [2.24, 2.45) is 4.99 Å². The first kappa shape index (κ1) is 20.6. The number of H-pyrrole nitrogens is 1. The molecule has 9 heteroatoms. The lowest BCUT2D eigenvalue weighted by molar-refractivity contribution is 0.841. The first-order chi connectivity index (χ1) is 15.5. The maximum atomic E-state index is 13.1. The van der Waals surface area contributed by atoms with E-state index in [2.05, 4.69) is 20.3 Å². The molecule has 0 unspecified atom stereocenters. The number of benzene rings is 3. The molecule has 158 valence electrons. The summed E-state index contributed by atoms with van der Waals surface area (Å²) in [7, 11) is 0. The largest absolute Gasteiger partial charge is 0.295 e. The lowest BCUT2D eigenvalue weighted by Gasteiger charge is -2.06. The van der Waals surface area contributed by atoms with Crippen molar-refractivity contribution in [3.63, 3.8) is 0 Å². The number of hydrogen-bond acceptors (Lipinski definition) is 5. The molecule has 5 rings (SSSR count). The summed E-state index contributed by atoms with van der Waals surface area (Å²) < 4.78 is 1.54. The van der Waals surface area contributed by atoms with Gasteiger partial charge >= 0.3 is 0 Å². The van der Waals surface area contributed by atoms with Crippen molar-refractivity contribution in [3.8, 4) is 16.3 Å². The molecular formula is C23H15Cl2N5OS. The molecule has 0 bridgehead atoms. The Morgan fingerprint density at radius 1 is 1.06 bits per heavy atom. The Morgan fingerprint density at radius 3 is 2.72 bits per heavy atom. The molecule has 0 amide bonds. The quantitative estimate of drug-likeness (QED) is 0.311. The average Bonchev–Trinajstić information content (AvgIpc) is 3.36. The van der Waals surface area contributed by atoms with Crippen molar-refractivity contribution in [1.29, 1.82) is 0 Å². The topological polar surface area (TPSA) is 75.9 Å². The number of nitrogens with one attached hydrogen (secondary N) is 1. The summed E-state index contributed by atoms with van der Waals surface area (Å²) in [4.78, 5) is 17.5. The van der Waals surface area contributed by atoms with Gasteiger partial charge in [-0.3, -0.25) is 9.89 Å². The van der Waals surface area contributed by atoms with Gasteiger partial charge in [0.05, 0.1) is 16.3 Å². The number of aliphatic imine (C=N–C) groups is 1. The van der Waals surface area contributed by atoms with Gasteiger partial charge in [-0.1, -0.05) is 70.9 Å². The molecule has 2 heterocycles. The zero-order valence-electron chi connectivity index (χ0n) is 16.7. The van der Waals surface area contributed by atoms with E-state index < -0.39 is 0 Å². The molecule has 1 N–H and O–H groups in total.